The van der Waals surface area contributed by atoms with Crippen LogP contribution in [0.3, 0.4) is 0 Å². The Morgan fingerprint density at radius 2 is 2.20 bits per heavy atom. The lowest BCUT2D eigenvalue weighted by Crippen LogP contribution is -2.12. The van der Waals surface area contributed by atoms with Gasteiger partial charge in [-0.2, -0.15) is 5.10 Å². The molecule has 0 radical (unpaired) electrons. The molecule has 7 nitrogen and oxygen atoms in total. The fourth-order valence-corrected chi connectivity index (χ4v) is 2.11. The van der Waals surface area contributed by atoms with Crippen LogP contribution in [0.2, 0.25) is 0 Å². The summed E-state index contributed by atoms with van der Waals surface area (Å²) in [4.78, 5) is 3.67. The lowest BCUT2D eigenvalue weighted by Gasteiger charge is -2.08. The van der Waals surface area contributed by atoms with Gasteiger partial charge in [0, 0.05) is 6.54 Å². The fourth-order valence-electron chi connectivity index (χ4n) is 1.58. The summed E-state index contributed by atoms with van der Waals surface area (Å²) in [5.41, 5.74) is 0. The van der Waals surface area contributed by atoms with E-state index in [0.29, 0.717) is 12.4 Å². The van der Waals surface area contributed by atoms with E-state index in [1.807, 2.05) is 6.92 Å². The van der Waals surface area contributed by atoms with Crippen molar-refractivity contribution in [2.24, 2.45) is 5.14 Å². The molecule has 0 unspecified atom stereocenters. The summed E-state index contributed by atoms with van der Waals surface area (Å²) in [7, 11) is -3.93. The molecule has 20 heavy (non-hydrogen) atoms. The summed E-state index contributed by atoms with van der Waals surface area (Å²) in [6, 6.07) is 3.20. The normalized spacial score (nSPS) is 11.6. The van der Waals surface area contributed by atoms with Gasteiger partial charge in [-0.3, -0.25) is 0 Å². The maximum Gasteiger partial charge on any atom is 0.238 e. The molecule has 2 N–H and O–H groups in total. The van der Waals surface area contributed by atoms with E-state index in [1.54, 1.807) is 4.68 Å². The van der Waals surface area contributed by atoms with Crippen LogP contribution in [0.1, 0.15) is 12.7 Å². The molecule has 0 atom stereocenters. The van der Waals surface area contributed by atoms with Crippen LogP contribution in [0.25, 0.3) is 0 Å². The van der Waals surface area contributed by atoms with E-state index in [4.69, 9.17) is 9.88 Å². The molecular formula is C11H13FN4O3S. The average Bonchev–Trinajstić information content (AvgIpc) is 2.83. The number of halogens is 1. The zero-order valence-electron chi connectivity index (χ0n) is 10.7. The van der Waals surface area contributed by atoms with Crippen LogP contribution in [0, 0.1) is 5.82 Å². The van der Waals surface area contributed by atoms with Crippen molar-refractivity contribution in [3.63, 3.8) is 0 Å². The van der Waals surface area contributed by atoms with Crippen molar-refractivity contribution in [3.8, 4) is 5.75 Å². The zero-order chi connectivity index (χ0) is 14.8. The Hall–Kier alpha value is -2.00. The molecule has 0 aliphatic rings. The number of hydrogen-bond donors (Lipinski definition) is 1. The van der Waals surface area contributed by atoms with Gasteiger partial charge in [0.2, 0.25) is 10.0 Å². The van der Waals surface area contributed by atoms with Gasteiger partial charge in [-0.25, -0.2) is 27.6 Å². The zero-order valence-corrected chi connectivity index (χ0v) is 11.5. The van der Waals surface area contributed by atoms with Gasteiger partial charge in [-0.05, 0) is 25.1 Å². The third kappa shape index (κ3) is 3.11. The van der Waals surface area contributed by atoms with Crippen molar-refractivity contribution < 1.29 is 17.5 Å². The summed E-state index contributed by atoms with van der Waals surface area (Å²) in [5.74, 6) is -0.343. The molecular weight excluding hydrogens is 287 g/mol. The molecule has 0 saturated carbocycles. The van der Waals surface area contributed by atoms with Gasteiger partial charge in [0.05, 0.1) is 4.90 Å². The van der Waals surface area contributed by atoms with Crippen molar-refractivity contribution in [3.05, 3.63) is 36.2 Å². The minimum atomic E-state index is -3.93. The Balaban J connectivity index is 2.15. The molecule has 2 aromatic rings. The summed E-state index contributed by atoms with van der Waals surface area (Å²) < 4.78 is 42.7. The standard InChI is InChI=1S/C11H13FN4O3S/c1-2-16-11(14-7-15-16)6-19-10-4-3-8(5-9(10)12)20(13,17)18/h3-5,7H,2,6H2,1H3,(H2,13,17,18). The summed E-state index contributed by atoms with van der Waals surface area (Å²) in [5, 5.41) is 8.86. The van der Waals surface area contributed by atoms with Crippen LogP contribution in [-0.4, -0.2) is 23.2 Å². The van der Waals surface area contributed by atoms with Crippen LogP contribution in [0.5, 0.6) is 5.75 Å². The van der Waals surface area contributed by atoms with Crippen molar-refractivity contribution in [2.75, 3.05) is 0 Å². The number of ether oxygens (including phenoxy) is 1. The second-order valence-corrected chi connectivity index (χ2v) is 5.48. The Bertz CT molecular complexity index is 714. The molecule has 0 aliphatic carbocycles. The highest BCUT2D eigenvalue weighted by atomic mass is 32.2. The molecule has 9 heteroatoms. The summed E-state index contributed by atoms with van der Waals surface area (Å²) in [6.07, 6.45) is 1.38. The van der Waals surface area contributed by atoms with Crippen LogP contribution in [0.15, 0.2) is 29.4 Å². The van der Waals surface area contributed by atoms with E-state index in [9.17, 15) is 12.8 Å². The highest BCUT2D eigenvalue weighted by Crippen LogP contribution is 2.21. The number of aryl methyl sites for hydroxylation is 1. The van der Waals surface area contributed by atoms with Crippen LogP contribution in [0.4, 0.5) is 4.39 Å². The van der Waals surface area contributed by atoms with Gasteiger partial charge in [0.1, 0.15) is 12.9 Å². The molecule has 0 fully saturated rings. The first-order valence-corrected chi connectivity index (χ1v) is 7.28. The predicted octanol–water partition coefficient (Wildman–Crippen LogP) is 0.664. The minimum absolute atomic E-state index is 0.0273. The Morgan fingerprint density at radius 3 is 2.80 bits per heavy atom. The summed E-state index contributed by atoms with van der Waals surface area (Å²) >= 11 is 0. The number of benzene rings is 1. The van der Waals surface area contributed by atoms with Crippen molar-refractivity contribution in [2.45, 2.75) is 25.0 Å². The molecule has 0 amide bonds. The highest BCUT2D eigenvalue weighted by molar-refractivity contribution is 7.89. The molecule has 108 valence electrons. The molecule has 1 aromatic carbocycles. The first-order chi connectivity index (χ1) is 9.41. The second-order valence-electron chi connectivity index (χ2n) is 3.92. The smallest absolute Gasteiger partial charge is 0.238 e. The Kier molecular flexibility index (Phi) is 4.00. The SMILES string of the molecule is CCn1ncnc1COc1ccc(S(N)(=O)=O)cc1F. The van der Waals surface area contributed by atoms with Gasteiger partial charge < -0.3 is 4.74 Å². The predicted molar refractivity (Wildman–Crippen MR) is 67.8 cm³/mol. The average molecular weight is 300 g/mol. The van der Waals surface area contributed by atoms with E-state index < -0.39 is 15.8 Å². The number of nitrogens with zero attached hydrogens (tertiary/aromatic N) is 3. The van der Waals surface area contributed by atoms with Crippen LogP contribution in [-0.2, 0) is 23.2 Å². The van der Waals surface area contributed by atoms with Crippen LogP contribution < -0.4 is 9.88 Å². The minimum Gasteiger partial charge on any atom is -0.483 e. The van der Waals surface area contributed by atoms with E-state index in [2.05, 4.69) is 10.1 Å². The first-order valence-electron chi connectivity index (χ1n) is 5.73. The fraction of sp³-hybridized carbons (Fsp3) is 0.273. The second kappa shape index (κ2) is 5.55. The lowest BCUT2D eigenvalue weighted by molar-refractivity contribution is 0.273. The highest BCUT2D eigenvalue weighted by Gasteiger charge is 2.13. The van der Waals surface area contributed by atoms with Crippen LogP contribution >= 0.6 is 0 Å². The molecule has 2 rings (SSSR count). The maximum absolute atomic E-state index is 13.7. The molecule has 0 spiro atoms. The Morgan fingerprint density at radius 1 is 1.45 bits per heavy atom. The number of rotatable bonds is 5. The van der Waals surface area contributed by atoms with E-state index in [0.717, 1.165) is 6.07 Å². The number of primary sulfonamides is 1. The van der Waals surface area contributed by atoms with E-state index >= 15 is 0 Å². The number of nitrogens with two attached hydrogens (primary N) is 1. The van der Waals surface area contributed by atoms with E-state index in [1.165, 1.54) is 18.5 Å². The number of sulfonamides is 1. The van der Waals surface area contributed by atoms with Gasteiger partial charge in [-0.15, -0.1) is 0 Å². The Labute approximate surface area is 115 Å². The third-order valence-electron chi connectivity index (χ3n) is 2.58. The quantitative estimate of drug-likeness (QED) is 0.874. The maximum atomic E-state index is 13.7. The molecule has 0 aliphatic heterocycles. The van der Waals surface area contributed by atoms with Gasteiger partial charge in [0.25, 0.3) is 0 Å². The number of hydrogen-bond acceptors (Lipinski definition) is 5. The van der Waals surface area contributed by atoms with Crippen molar-refractivity contribution in [1.82, 2.24) is 14.8 Å². The molecule has 0 bridgehead atoms. The van der Waals surface area contributed by atoms with Gasteiger partial charge in [0.15, 0.2) is 17.4 Å². The molecule has 1 aromatic heterocycles. The number of aromatic nitrogens is 3. The van der Waals surface area contributed by atoms with Gasteiger partial charge >= 0.3 is 0 Å². The molecule has 0 saturated heterocycles. The first kappa shape index (κ1) is 14.4. The van der Waals surface area contributed by atoms with Gasteiger partial charge in [-0.1, -0.05) is 0 Å². The third-order valence-corrected chi connectivity index (χ3v) is 3.49. The van der Waals surface area contributed by atoms with Crippen molar-refractivity contribution >= 4 is 10.0 Å². The lowest BCUT2D eigenvalue weighted by atomic mass is 10.3. The van der Waals surface area contributed by atoms with E-state index in [-0.39, 0.29) is 17.3 Å². The van der Waals surface area contributed by atoms with Crippen molar-refractivity contribution in [1.29, 1.82) is 0 Å². The summed E-state index contributed by atoms with van der Waals surface area (Å²) in [6.45, 7) is 2.53. The molecule has 1 heterocycles. The monoisotopic (exact) mass is 300 g/mol. The topological polar surface area (TPSA) is 100 Å². The largest absolute Gasteiger partial charge is 0.483 e.